The van der Waals surface area contributed by atoms with Crippen LogP contribution in [-0.4, -0.2) is 65.1 Å². The lowest BCUT2D eigenvalue weighted by Gasteiger charge is -2.34. The van der Waals surface area contributed by atoms with Gasteiger partial charge in [-0.15, -0.1) is 23.1 Å². The molecule has 0 radical (unpaired) electrons. The summed E-state index contributed by atoms with van der Waals surface area (Å²) < 4.78 is 0.793. The molecule has 0 saturated carbocycles. The number of thioether (sulfide) groups is 1. The van der Waals surface area contributed by atoms with Crippen molar-refractivity contribution in [2.75, 3.05) is 31.9 Å². The molecule has 31 heavy (non-hydrogen) atoms. The lowest BCUT2D eigenvalue weighted by molar-refractivity contribution is -0.122. The van der Waals surface area contributed by atoms with Crippen LogP contribution in [0.15, 0.2) is 41.3 Å². The van der Waals surface area contributed by atoms with Crippen LogP contribution in [0.1, 0.15) is 22.2 Å². The molecule has 4 rings (SSSR count). The van der Waals surface area contributed by atoms with Gasteiger partial charge in [0, 0.05) is 48.2 Å². The van der Waals surface area contributed by atoms with Gasteiger partial charge < -0.3 is 10.2 Å². The van der Waals surface area contributed by atoms with Crippen LogP contribution in [0.4, 0.5) is 4.79 Å². The minimum Gasteiger partial charge on any atom is -0.336 e. The third-order valence-corrected chi connectivity index (χ3v) is 8.02. The second-order valence-corrected chi connectivity index (χ2v) is 10.6. The second kappa shape index (κ2) is 9.20. The molecular weight excluding hydrogens is 456 g/mol. The Morgan fingerprint density at radius 3 is 2.55 bits per heavy atom. The van der Waals surface area contributed by atoms with E-state index in [0.717, 1.165) is 28.9 Å². The number of imide groups is 1. The van der Waals surface area contributed by atoms with Gasteiger partial charge in [-0.05, 0) is 31.2 Å². The zero-order chi connectivity index (χ0) is 22.0. The fourth-order valence-corrected chi connectivity index (χ4v) is 5.87. The smallest absolute Gasteiger partial charge is 0.322 e. The number of nitrogens with one attached hydrogen (secondary N) is 2. The van der Waals surface area contributed by atoms with Gasteiger partial charge in [0.05, 0.1) is 9.90 Å². The highest BCUT2D eigenvalue weighted by Gasteiger charge is 2.42. The molecule has 10 heteroatoms. The standard InChI is InChI=1S/C21H23ClN4O3S2/c1-21(19(28)23-20(29)24-21)13-30-16-5-3-2-4-15(16)18(27)26-10-8-25(9-11-26)12-14-6-7-17(22)31-14/h2-7H,8-13H2,1H3,(H2,23,24,28,29). The molecule has 7 nitrogen and oxygen atoms in total. The highest BCUT2D eigenvalue weighted by Crippen LogP contribution is 2.29. The summed E-state index contributed by atoms with van der Waals surface area (Å²) in [5.41, 5.74) is -0.367. The molecule has 3 heterocycles. The quantitative estimate of drug-likeness (QED) is 0.492. The third-order valence-electron chi connectivity index (χ3n) is 5.42. The average Bonchev–Trinajstić information content (AvgIpc) is 3.28. The second-order valence-electron chi connectivity index (χ2n) is 7.80. The molecule has 1 aromatic carbocycles. The summed E-state index contributed by atoms with van der Waals surface area (Å²) in [4.78, 5) is 43.0. The van der Waals surface area contributed by atoms with Crippen molar-refractivity contribution < 1.29 is 14.4 Å². The number of amides is 4. The summed E-state index contributed by atoms with van der Waals surface area (Å²) in [6.07, 6.45) is 0. The number of benzene rings is 1. The molecule has 2 aromatic rings. The molecule has 2 N–H and O–H groups in total. The van der Waals surface area contributed by atoms with E-state index in [-0.39, 0.29) is 11.8 Å². The van der Waals surface area contributed by atoms with E-state index in [1.54, 1.807) is 18.3 Å². The molecule has 0 aliphatic carbocycles. The van der Waals surface area contributed by atoms with Gasteiger partial charge in [0.2, 0.25) is 0 Å². The highest BCUT2D eigenvalue weighted by atomic mass is 35.5. The Morgan fingerprint density at radius 1 is 1.16 bits per heavy atom. The van der Waals surface area contributed by atoms with E-state index in [1.807, 2.05) is 41.3 Å². The maximum atomic E-state index is 13.2. The number of carbonyl (C=O) groups is 3. The predicted octanol–water partition coefficient (Wildman–Crippen LogP) is 3.05. The first-order valence-electron chi connectivity index (χ1n) is 9.95. The first-order valence-corrected chi connectivity index (χ1v) is 12.1. The summed E-state index contributed by atoms with van der Waals surface area (Å²) in [5.74, 6) is -0.0182. The zero-order valence-corrected chi connectivity index (χ0v) is 19.4. The molecule has 2 saturated heterocycles. The van der Waals surface area contributed by atoms with E-state index in [1.165, 1.54) is 16.6 Å². The van der Waals surface area contributed by atoms with Crippen molar-refractivity contribution in [3.63, 3.8) is 0 Å². The minimum atomic E-state index is -0.992. The first kappa shape index (κ1) is 22.1. The Morgan fingerprint density at radius 2 is 1.90 bits per heavy atom. The van der Waals surface area contributed by atoms with Crippen molar-refractivity contribution in [1.29, 1.82) is 0 Å². The van der Waals surface area contributed by atoms with Crippen molar-refractivity contribution in [2.45, 2.75) is 23.9 Å². The summed E-state index contributed by atoms with van der Waals surface area (Å²) >= 11 is 9.01. The van der Waals surface area contributed by atoms with Crippen LogP contribution in [0.2, 0.25) is 4.34 Å². The van der Waals surface area contributed by atoms with Gasteiger partial charge in [0.15, 0.2) is 0 Å². The average molecular weight is 479 g/mol. The van der Waals surface area contributed by atoms with Gasteiger partial charge in [-0.1, -0.05) is 23.7 Å². The minimum absolute atomic E-state index is 0.00743. The molecule has 1 atom stereocenters. The molecule has 4 amide bonds. The Balaban J connectivity index is 1.37. The van der Waals surface area contributed by atoms with E-state index in [0.29, 0.717) is 24.4 Å². The zero-order valence-electron chi connectivity index (χ0n) is 17.0. The van der Waals surface area contributed by atoms with Crippen LogP contribution in [0.5, 0.6) is 0 Å². The normalized spacial score (nSPS) is 21.8. The van der Waals surface area contributed by atoms with Crippen molar-refractivity contribution in [3.05, 3.63) is 51.2 Å². The van der Waals surface area contributed by atoms with Crippen molar-refractivity contribution in [1.82, 2.24) is 20.4 Å². The Hall–Kier alpha value is -2.07. The Bertz CT molecular complexity index is 1010. The Kier molecular flexibility index (Phi) is 6.57. The van der Waals surface area contributed by atoms with Crippen LogP contribution >= 0.6 is 34.7 Å². The van der Waals surface area contributed by atoms with Gasteiger partial charge in [0.1, 0.15) is 5.54 Å². The molecule has 2 fully saturated rings. The number of hydrogen-bond donors (Lipinski definition) is 2. The summed E-state index contributed by atoms with van der Waals surface area (Å²) in [6, 6.07) is 10.9. The molecule has 2 aliphatic rings. The fourth-order valence-electron chi connectivity index (χ4n) is 3.61. The first-order chi connectivity index (χ1) is 14.8. The lowest BCUT2D eigenvalue weighted by atomic mass is 10.1. The summed E-state index contributed by atoms with van der Waals surface area (Å²) in [7, 11) is 0. The SMILES string of the molecule is CC1(CSc2ccccc2C(=O)N2CCN(Cc3ccc(Cl)s3)CC2)NC(=O)NC1=O. The number of piperazine rings is 1. The fraction of sp³-hybridized carbons (Fsp3) is 0.381. The summed E-state index contributed by atoms with van der Waals surface area (Å²) in [5, 5.41) is 4.93. The van der Waals surface area contributed by atoms with Crippen molar-refractivity contribution in [3.8, 4) is 0 Å². The van der Waals surface area contributed by atoms with E-state index >= 15 is 0 Å². The third kappa shape index (κ3) is 5.06. The van der Waals surface area contributed by atoms with E-state index in [9.17, 15) is 14.4 Å². The van der Waals surface area contributed by atoms with Crippen molar-refractivity contribution in [2.24, 2.45) is 0 Å². The van der Waals surface area contributed by atoms with Gasteiger partial charge >= 0.3 is 6.03 Å². The number of urea groups is 1. The van der Waals surface area contributed by atoms with Crippen LogP contribution in [0.25, 0.3) is 0 Å². The van der Waals surface area contributed by atoms with Crippen LogP contribution in [-0.2, 0) is 11.3 Å². The lowest BCUT2D eigenvalue weighted by Crippen LogP contribution is -2.48. The largest absolute Gasteiger partial charge is 0.336 e. The summed E-state index contributed by atoms with van der Waals surface area (Å²) in [6.45, 7) is 5.46. The van der Waals surface area contributed by atoms with Gasteiger partial charge in [0.25, 0.3) is 11.8 Å². The molecule has 0 spiro atoms. The number of hydrogen-bond acceptors (Lipinski definition) is 6. The van der Waals surface area contributed by atoms with E-state index in [2.05, 4.69) is 15.5 Å². The van der Waals surface area contributed by atoms with E-state index < -0.39 is 11.6 Å². The number of carbonyl (C=O) groups excluding carboxylic acids is 3. The molecule has 1 aromatic heterocycles. The van der Waals surface area contributed by atoms with Crippen LogP contribution < -0.4 is 10.6 Å². The molecule has 0 bridgehead atoms. The maximum absolute atomic E-state index is 13.2. The van der Waals surface area contributed by atoms with Gasteiger partial charge in [-0.2, -0.15) is 0 Å². The van der Waals surface area contributed by atoms with Crippen LogP contribution in [0.3, 0.4) is 0 Å². The number of thiophene rings is 1. The number of rotatable bonds is 6. The van der Waals surface area contributed by atoms with Crippen molar-refractivity contribution >= 4 is 52.5 Å². The molecule has 1 unspecified atom stereocenters. The van der Waals surface area contributed by atoms with Gasteiger partial charge in [-0.3, -0.25) is 19.8 Å². The van der Waals surface area contributed by atoms with Gasteiger partial charge in [-0.25, -0.2) is 4.79 Å². The molecular formula is C21H23ClN4O3S2. The number of halogens is 1. The van der Waals surface area contributed by atoms with E-state index in [4.69, 9.17) is 11.6 Å². The molecule has 164 valence electrons. The predicted molar refractivity (Wildman–Crippen MR) is 123 cm³/mol. The topological polar surface area (TPSA) is 81.8 Å². The van der Waals surface area contributed by atoms with Crippen LogP contribution in [0, 0.1) is 0 Å². The highest BCUT2D eigenvalue weighted by molar-refractivity contribution is 7.99. The molecule has 2 aliphatic heterocycles. The monoisotopic (exact) mass is 478 g/mol. The Labute approximate surface area is 194 Å². The maximum Gasteiger partial charge on any atom is 0.322 e. The number of nitrogens with zero attached hydrogens (tertiary/aromatic N) is 2.